The number of rotatable bonds is 7. The van der Waals surface area contributed by atoms with Crippen molar-refractivity contribution >= 4 is 45.7 Å². The number of aliphatic hydroxyl groups is 1. The first-order chi connectivity index (χ1) is 18.4. The molecule has 1 fully saturated rings. The number of nitrogens with zero attached hydrogens (tertiary/aromatic N) is 3. The molecule has 2 heterocycles. The Morgan fingerprint density at radius 1 is 1.05 bits per heavy atom. The molecule has 2 N–H and O–H groups in total. The second-order valence-electron chi connectivity index (χ2n) is 8.59. The highest BCUT2D eigenvalue weighted by Gasteiger charge is 2.48. The van der Waals surface area contributed by atoms with Crippen LogP contribution in [0.3, 0.4) is 0 Å². The van der Waals surface area contributed by atoms with Gasteiger partial charge in [0.25, 0.3) is 5.78 Å². The summed E-state index contributed by atoms with van der Waals surface area (Å²) in [4.78, 5) is 27.9. The van der Waals surface area contributed by atoms with Gasteiger partial charge in [-0.05, 0) is 30.2 Å². The van der Waals surface area contributed by atoms with Gasteiger partial charge in [-0.25, -0.2) is 0 Å². The molecule has 0 aliphatic carbocycles. The van der Waals surface area contributed by atoms with Crippen LogP contribution in [0.25, 0.3) is 5.76 Å². The van der Waals surface area contributed by atoms with E-state index in [0.717, 1.165) is 5.56 Å². The van der Waals surface area contributed by atoms with E-state index in [1.807, 2.05) is 31.2 Å². The summed E-state index contributed by atoms with van der Waals surface area (Å²) < 4.78 is 5.89. The molecule has 1 atom stereocenters. The Balaban J connectivity index is 1.56. The van der Waals surface area contributed by atoms with Crippen LogP contribution in [0.4, 0.5) is 5.13 Å². The molecule has 38 heavy (non-hydrogen) atoms. The summed E-state index contributed by atoms with van der Waals surface area (Å²) in [6.45, 7) is 2.03. The molecule has 1 aliphatic heterocycles. The molecule has 1 saturated heterocycles. The van der Waals surface area contributed by atoms with Crippen LogP contribution in [0.5, 0.6) is 11.5 Å². The number of amides is 1. The maximum absolute atomic E-state index is 13.4. The van der Waals surface area contributed by atoms with Gasteiger partial charge in [0.2, 0.25) is 5.13 Å². The molecule has 3 aromatic carbocycles. The van der Waals surface area contributed by atoms with Crippen molar-refractivity contribution in [2.24, 2.45) is 0 Å². The van der Waals surface area contributed by atoms with Crippen molar-refractivity contribution in [1.82, 2.24) is 10.2 Å². The number of ether oxygens (including phenoxy) is 1. The van der Waals surface area contributed by atoms with E-state index in [2.05, 4.69) is 10.2 Å². The van der Waals surface area contributed by atoms with Crippen molar-refractivity contribution in [3.8, 4) is 11.5 Å². The monoisotopic (exact) mass is 545 g/mol. The van der Waals surface area contributed by atoms with Gasteiger partial charge in [0.1, 0.15) is 5.76 Å². The number of Topliss-reactive ketones (excluding diaryl/α,β-unsaturated/α-hetero) is 1. The predicted octanol–water partition coefficient (Wildman–Crippen LogP) is 5.48. The van der Waals surface area contributed by atoms with E-state index in [9.17, 15) is 19.8 Å². The summed E-state index contributed by atoms with van der Waals surface area (Å²) in [6.07, 6.45) is 0. The molecule has 4 aromatic rings. The molecule has 0 saturated carbocycles. The van der Waals surface area contributed by atoms with Crippen LogP contribution in [-0.4, -0.2) is 39.2 Å². The van der Waals surface area contributed by atoms with E-state index >= 15 is 0 Å². The first-order valence-corrected chi connectivity index (χ1v) is 13.4. The van der Waals surface area contributed by atoms with Gasteiger partial charge in [0.15, 0.2) is 15.8 Å². The van der Waals surface area contributed by atoms with Crippen molar-refractivity contribution in [2.45, 2.75) is 23.1 Å². The zero-order valence-electron chi connectivity index (χ0n) is 20.5. The first kappa shape index (κ1) is 25.5. The van der Waals surface area contributed by atoms with Gasteiger partial charge in [0, 0.05) is 11.3 Å². The lowest BCUT2D eigenvalue weighted by atomic mass is 9.95. The van der Waals surface area contributed by atoms with Crippen LogP contribution in [0.2, 0.25) is 0 Å². The summed E-state index contributed by atoms with van der Waals surface area (Å²) in [5.74, 6) is -1.23. The van der Waals surface area contributed by atoms with Gasteiger partial charge < -0.3 is 14.9 Å². The normalized spacial score (nSPS) is 16.7. The van der Waals surface area contributed by atoms with Gasteiger partial charge in [-0.2, -0.15) is 0 Å². The van der Waals surface area contributed by atoms with Crippen molar-refractivity contribution in [3.63, 3.8) is 0 Å². The van der Waals surface area contributed by atoms with E-state index in [-0.39, 0.29) is 28.0 Å². The molecule has 8 nitrogen and oxygen atoms in total. The fourth-order valence-corrected chi connectivity index (χ4v) is 5.97. The number of hydrogen-bond acceptors (Lipinski definition) is 9. The number of phenols is 1. The summed E-state index contributed by atoms with van der Waals surface area (Å²) in [7, 11) is 1.40. The molecule has 0 bridgehead atoms. The van der Waals surface area contributed by atoms with Gasteiger partial charge in [-0.3, -0.25) is 14.5 Å². The molecular weight excluding hydrogens is 522 g/mol. The minimum absolute atomic E-state index is 0.0852. The second kappa shape index (κ2) is 10.7. The molecule has 1 unspecified atom stereocenters. The van der Waals surface area contributed by atoms with E-state index in [0.29, 0.717) is 21.2 Å². The highest BCUT2D eigenvalue weighted by atomic mass is 32.2. The van der Waals surface area contributed by atoms with Crippen molar-refractivity contribution < 1.29 is 24.5 Å². The van der Waals surface area contributed by atoms with Crippen LogP contribution in [0, 0.1) is 6.92 Å². The van der Waals surface area contributed by atoms with Crippen LogP contribution in [0.15, 0.2) is 82.7 Å². The van der Waals surface area contributed by atoms with E-state index in [1.54, 1.807) is 36.4 Å². The fourth-order valence-electron chi connectivity index (χ4n) is 4.15. The minimum atomic E-state index is -1.01. The van der Waals surface area contributed by atoms with Crippen LogP contribution < -0.4 is 9.64 Å². The smallest absolute Gasteiger partial charge is 0.301 e. The lowest BCUT2D eigenvalue weighted by molar-refractivity contribution is -0.132. The molecule has 1 amide bonds. The number of benzene rings is 3. The average Bonchev–Trinajstić information content (AvgIpc) is 3.50. The Labute approximate surface area is 227 Å². The van der Waals surface area contributed by atoms with E-state index in [4.69, 9.17) is 4.74 Å². The summed E-state index contributed by atoms with van der Waals surface area (Å²) >= 11 is 2.67. The summed E-state index contributed by atoms with van der Waals surface area (Å²) in [5, 5.41) is 30.0. The Morgan fingerprint density at radius 3 is 2.50 bits per heavy atom. The SMILES string of the molecule is COc1cc(C2/C(=C(/O)c3ccccc3)C(=O)C(=O)N2c2nnc(SCc3ccc(C)cc3)s2)ccc1O. The standard InChI is InChI=1S/C28H23N3O5S2/c1-16-8-10-17(11-9-16)15-37-28-30-29-27(38-28)31-23(19-12-13-20(32)21(14-19)36-2)22(25(34)26(31)35)24(33)18-6-4-3-5-7-18/h3-14,23,32-33H,15H2,1-2H3/b24-22-. The Morgan fingerprint density at radius 2 is 1.79 bits per heavy atom. The number of hydrogen-bond donors (Lipinski definition) is 2. The Kier molecular flexibility index (Phi) is 7.17. The molecule has 192 valence electrons. The van der Waals surface area contributed by atoms with Gasteiger partial charge >= 0.3 is 5.91 Å². The van der Waals surface area contributed by atoms with Crippen molar-refractivity contribution in [3.05, 3.63) is 101 Å². The topological polar surface area (TPSA) is 113 Å². The molecule has 1 aliphatic rings. The quantitative estimate of drug-likeness (QED) is 0.103. The zero-order chi connectivity index (χ0) is 26.8. The number of phenolic OH excluding ortho intramolecular Hbond substituents is 1. The number of aromatic hydroxyl groups is 1. The first-order valence-electron chi connectivity index (χ1n) is 11.6. The average molecular weight is 546 g/mol. The molecule has 1 aromatic heterocycles. The van der Waals surface area contributed by atoms with Crippen LogP contribution >= 0.6 is 23.1 Å². The van der Waals surface area contributed by atoms with Crippen molar-refractivity contribution in [1.29, 1.82) is 0 Å². The number of carbonyl (C=O) groups excluding carboxylic acids is 2. The molecule has 10 heteroatoms. The number of anilines is 1. The third-order valence-corrected chi connectivity index (χ3v) is 8.22. The van der Waals surface area contributed by atoms with Gasteiger partial charge in [-0.15, -0.1) is 10.2 Å². The third-order valence-electron chi connectivity index (χ3n) is 6.10. The maximum Gasteiger partial charge on any atom is 0.301 e. The Bertz CT molecular complexity index is 1530. The number of aryl methyl sites for hydroxylation is 1. The largest absolute Gasteiger partial charge is 0.507 e. The summed E-state index contributed by atoms with van der Waals surface area (Å²) in [6, 6.07) is 20.2. The van der Waals surface area contributed by atoms with Crippen LogP contribution in [0.1, 0.15) is 28.3 Å². The molecule has 0 radical (unpaired) electrons. The molecule has 5 rings (SSSR count). The van der Waals surface area contributed by atoms with Crippen molar-refractivity contribution in [2.75, 3.05) is 12.0 Å². The Hall–Kier alpha value is -4.15. The van der Waals surface area contributed by atoms with Gasteiger partial charge in [0.05, 0.1) is 18.7 Å². The lowest BCUT2D eigenvalue weighted by Gasteiger charge is -2.23. The number of thioether (sulfide) groups is 1. The highest BCUT2D eigenvalue weighted by molar-refractivity contribution is 8.00. The number of ketones is 1. The number of methoxy groups -OCH3 is 1. The maximum atomic E-state index is 13.4. The number of carbonyl (C=O) groups is 2. The zero-order valence-corrected chi connectivity index (χ0v) is 22.1. The highest BCUT2D eigenvalue weighted by Crippen LogP contribution is 2.45. The predicted molar refractivity (Wildman–Crippen MR) is 147 cm³/mol. The number of aromatic nitrogens is 2. The lowest BCUT2D eigenvalue weighted by Crippen LogP contribution is -2.29. The minimum Gasteiger partial charge on any atom is -0.507 e. The van der Waals surface area contributed by atoms with Crippen LogP contribution in [-0.2, 0) is 15.3 Å². The third kappa shape index (κ3) is 4.88. The van der Waals surface area contributed by atoms with E-state index < -0.39 is 17.7 Å². The second-order valence-corrected chi connectivity index (χ2v) is 10.8. The van der Waals surface area contributed by atoms with E-state index in [1.165, 1.54) is 52.8 Å². The molecule has 0 spiro atoms. The number of aliphatic hydroxyl groups excluding tert-OH is 1. The summed E-state index contributed by atoms with van der Waals surface area (Å²) in [5.41, 5.74) is 3.07. The molecular formula is C28H23N3O5S2. The fraction of sp³-hybridized carbons (Fsp3) is 0.143. The van der Waals surface area contributed by atoms with Gasteiger partial charge in [-0.1, -0.05) is 89.3 Å².